The largest absolute Gasteiger partial charge is 0.491 e. The highest BCUT2D eigenvalue weighted by Gasteiger charge is 2.11. The predicted octanol–water partition coefficient (Wildman–Crippen LogP) is 3.96. The van der Waals surface area contributed by atoms with Gasteiger partial charge in [0.1, 0.15) is 5.75 Å². The third kappa shape index (κ3) is 4.38. The molecule has 0 saturated heterocycles. The smallest absolute Gasteiger partial charge is 0.336 e. The molecule has 4 heteroatoms. The van der Waals surface area contributed by atoms with Crippen molar-refractivity contribution in [1.82, 2.24) is 0 Å². The van der Waals surface area contributed by atoms with E-state index >= 15 is 0 Å². The fraction of sp³-hybridized carbons (Fsp3) is 0.462. The fourth-order valence-electron chi connectivity index (χ4n) is 1.69. The molecule has 0 amide bonds. The molecule has 3 nitrogen and oxygen atoms in total. The van der Waals surface area contributed by atoms with Gasteiger partial charge in [-0.1, -0.05) is 13.8 Å². The third-order valence-electron chi connectivity index (χ3n) is 2.31. The zero-order valence-electron chi connectivity index (χ0n) is 10.2. The summed E-state index contributed by atoms with van der Waals surface area (Å²) in [7, 11) is 0. The average Bonchev–Trinajstić information content (AvgIpc) is 2.15. The minimum Gasteiger partial charge on any atom is -0.491 e. The highest BCUT2D eigenvalue weighted by Crippen LogP contribution is 2.24. The first kappa shape index (κ1) is 14.0. The summed E-state index contributed by atoms with van der Waals surface area (Å²) < 4.78 is 6.26. The van der Waals surface area contributed by atoms with Crippen molar-refractivity contribution in [2.75, 3.05) is 0 Å². The number of carbonyl (C=O) groups is 1. The summed E-state index contributed by atoms with van der Waals surface area (Å²) in [6, 6.07) is 4.93. The van der Waals surface area contributed by atoms with Gasteiger partial charge in [-0.2, -0.15) is 0 Å². The van der Waals surface area contributed by atoms with Crippen LogP contribution in [-0.2, 0) is 0 Å². The van der Waals surface area contributed by atoms with Crippen LogP contribution < -0.4 is 4.74 Å². The Morgan fingerprint density at radius 3 is 2.53 bits per heavy atom. The Morgan fingerprint density at radius 2 is 2.06 bits per heavy atom. The van der Waals surface area contributed by atoms with E-state index in [0.29, 0.717) is 16.1 Å². The number of hydrogen-bond donors (Lipinski definition) is 1. The number of hydrogen-bond acceptors (Lipinski definition) is 2. The Bertz CT molecular complexity index is 402. The van der Waals surface area contributed by atoms with Gasteiger partial charge >= 0.3 is 5.97 Å². The van der Waals surface area contributed by atoms with E-state index in [0.717, 1.165) is 6.42 Å². The highest BCUT2D eigenvalue weighted by atomic mass is 79.9. The Kier molecular flexibility index (Phi) is 5.00. The highest BCUT2D eigenvalue weighted by molar-refractivity contribution is 9.10. The van der Waals surface area contributed by atoms with Gasteiger partial charge in [-0.05, 0) is 53.4 Å². The maximum atomic E-state index is 10.8. The molecule has 0 aliphatic rings. The van der Waals surface area contributed by atoms with Crippen LogP contribution in [0.15, 0.2) is 22.7 Å². The van der Waals surface area contributed by atoms with Crippen molar-refractivity contribution >= 4 is 21.9 Å². The summed E-state index contributed by atoms with van der Waals surface area (Å²) in [5.74, 6) is 0.320. The number of benzene rings is 1. The van der Waals surface area contributed by atoms with Crippen LogP contribution in [0.3, 0.4) is 0 Å². The van der Waals surface area contributed by atoms with Gasteiger partial charge in [0.2, 0.25) is 0 Å². The van der Waals surface area contributed by atoms with E-state index in [9.17, 15) is 4.79 Å². The second-order valence-corrected chi connectivity index (χ2v) is 5.36. The number of ether oxygens (including phenoxy) is 1. The summed E-state index contributed by atoms with van der Waals surface area (Å²) in [5, 5.41) is 8.89. The van der Waals surface area contributed by atoms with Crippen LogP contribution >= 0.6 is 15.9 Å². The molecule has 1 unspecified atom stereocenters. The lowest BCUT2D eigenvalue weighted by molar-refractivity contribution is 0.0696. The first-order valence-electron chi connectivity index (χ1n) is 5.59. The fourth-order valence-corrected chi connectivity index (χ4v) is 2.21. The van der Waals surface area contributed by atoms with Crippen molar-refractivity contribution in [3.8, 4) is 5.75 Å². The second-order valence-electron chi connectivity index (χ2n) is 4.50. The lowest BCUT2D eigenvalue weighted by Gasteiger charge is -2.17. The van der Waals surface area contributed by atoms with E-state index in [1.807, 2.05) is 6.92 Å². The Labute approximate surface area is 110 Å². The summed E-state index contributed by atoms with van der Waals surface area (Å²) in [6.07, 6.45) is 1.09. The monoisotopic (exact) mass is 300 g/mol. The molecule has 0 bridgehead atoms. The van der Waals surface area contributed by atoms with Crippen LogP contribution in [0.5, 0.6) is 5.75 Å². The molecule has 1 N–H and O–H groups in total. The van der Waals surface area contributed by atoms with E-state index in [1.54, 1.807) is 18.2 Å². The van der Waals surface area contributed by atoms with Crippen LogP contribution in [0.1, 0.15) is 37.6 Å². The van der Waals surface area contributed by atoms with Gasteiger partial charge in [-0.25, -0.2) is 4.79 Å². The predicted molar refractivity (Wildman–Crippen MR) is 70.6 cm³/mol. The van der Waals surface area contributed by atoms with Crippen LogP contribution in [0.2, 0.25) is 0 Å². The van der Waals surface area contributed by atoms with Gasteiger partial charge < -0.3 is 9.84 Å². The summed E-state index contributed by atoms with van der Waals surface area (Å²) in [5.41, 5.74) is 0.244. The van der Waals surface area contributed by atoms with Crippen LogP contribution in [-0.4, -0.2) is 17.2 Å². The molecular weight excluding hydrogens is 284 g/mol. The van der Waals surface area contributed by atoms with E-state index in [4.69, 9.17) is 9.84 Å². The number of halogens is 1. The zero-order chi connectivity index (χ0) is 13.0. The van der Waals surface area contributed by atoms with Crippen molar-refractivity contribution < 1.29 is 14.6 Å². The molecule has 0 aliphatic carbocycles. The van der Waals surface area contributed by atoms with Crippen molar-refractivity contribution in [2.24, 2.45) is 5.92 Å². The SMILES string of the molecule is CC(C)CC(C)Oc1ccc(C(=O)O)c(Br)c1. The quantitative estimate of drug-likeness (QED) is 0.895. The molecule has 1 atom stereocenters. The number of aromatic carboxylic acids is 1. The van der Waals surface area contributed by atoms with Crippen molar-refractivity contribution in [1.29, 1.82) is 0 Å². The first-order valence-corrected chi connectivity index (χ1v) is 6.39. The maximum absolute atomic E-state index is 10.8. The number of carboxylic acid groups (broad SMARTS) is 1. The van der Waals surface area contributed by atoms with E-state index in [2.05, 4.69) is 29.8 Å². The minimum atomic E-state index is -0.946. The molecule has 0 aliphatic heterocycles. The Balaban J connectivity index is 2.74. The maximum Gasteiger partial charge on any atom is 0.336 e. The molecule has 0 aromatic heterocycles. The molecule has 94 valence electrons. The van der Waals surface area contributed by atoms with E-state index in [-0.39, 0.29) is 11.7 Å². The van der Waals surface area contributed by atoms with E-state index < -0.39 is 5.97 Å². The summed E-state index contributed by atoms with van der Waals surface area (Å²) in [6.45, 7) is 6.30. The average molecular weight is 301 g/mol. The Hall–Kier alpha value is -1.03. The topological polar surface area (TPSA) is 46.5 Å². The summed E-state index contributed by atoms with van der Waals surface area (Å²) in [4.78, 5) is 10.8. The van der Waals surface area contributed by atoms with Crippen LogP contribution in [0.25, 0.3) is 0 Å². The van der Waals surface area contributed by atoms with Gasteiger partial charge in [-0.15, -0.1) is 0 Å². The first-order chi connectivity index (χ1) is 7.90. The van der Waals surface area contributed by atoms with Crippen molar-refractivity contribution in [3.05, 3.63) is 28.2 Å². The molecule has 0 spiro atoms. The molecule has 0 saturated carbocycles. The lowest BCUT2D eigenvalue weighted by Crippen LogP contribution is -2.14. The lowest BCUT2D eigenvalue weighted by atomic mass is 10.1. The molecule has 1 aromatic rings. The molecular formula is C13H17BrO3. The third-order valence-corrected chi connectivity index (χ3v) is 2.97. The molecule has 0 fully saturated rings. The number of rotatable bonds is 5. The second kappa shape index (κ2) is 6.05. The van der Waals surface area contributed by atoms with Crippen LogP contribution in [0.4, 0.5) is 0 Å². The molecule has 0 heterocycles. The van der Waals surface area contributed by atoms with Gasteiger partial charge in [0, 0.05) is 4.47 Å². The standard InChI is InChI=1S/C13H17BrO3/c1-8(2)6-9(3)17-10-4-5-11(13(15)16)12(14)7-10/h4-5,7-9H,6H2,1-3H3,(H,15,16). The van der Waals surface area contributed by atoms with Gasteiger partial charge in [-0.3, -0.25) is 0 Å². The normalized spacial score (nSPS) is 12.5. The molecule has 17 heavy (non-hydrogen) atoms. The molecule has 0 radical (unpaired) electrons. The van der Waals surface area contributed by atoms with Gasteiger partial charge in [0.25, 0.3) is 0 Å². The number of carboxylic acids is 1. The summed E-state index contributed by atoms with van der Waals surface area (Å²) >= 11 is 3.23. The zero-order valence-corrected chi connectivity index (χ0v) is 11.8. The minimum absolute atomic E-state index is 0.123. The molecule has 1 aromatic carbocycles. The van der Waals surface area contributed by atoms with Crippen molar-refractivity contribution in [3.63, 3.8) is 0 Å². The van der Waals surface area contributed by atoms with Crippen LogP contribution in [0, 0.1) is 5.92 Å². The Morgan fingerprint density at radius 1 is 1.41 bits per heavy atom. The molecule has 1 rings (SSSR count). The van der Waals surface area contributed by atoms with Gasteiger partial charge in [0.15, 0.2) is 0 Å². The van der Waals surface area contributed by atoms with Gasteiger partial charge in [0.05, 0.1) is 11.7 Å². The van der Waals surface area contributed by atoms with E-state index in [1.165, 1.54) is 0 Å². The van der Waals surface area contributed by atoms with Crippen molar-refractivity contribution in [2.45, 2.75) is 33.3 Å².